The van der Waals surface area contributed by atoms with Crippen LogP contribution in [0.2, 0.25) is 0 Å². The van der Waals surface area contributed by atoms with Gasteiger partial charge in [-0.1, -0.05) is 19.3 Å². The number of rotatable bonds is 8. The summed E-state index contributed by atoms with van der Waals surface area (Å²) in [6, 6.07) is 11.5. The molecule has 1 fully saturated rings. The number of anilines is 1. The molecular weight excluding hydrogens is 564 g/mol. The molecule has 0 spiro atoms. The van der Waals surface area contributed by atoms with E-state index in [1.165, 1.54) is 6.42 Å². The first-order chi connectivity index (χ1) is 21.3. The number of nitrogens with two attached hydrogens (primary N) is 2. The summed E-state index contributed by atoms with van der Waals surface area (Å²) in [7, 11) is 0. The smallest absolute Gasteiger partial charge is 0.323 e. The van der Waals surface area contributed by atoms with E-state index in [1.807, 2.05) is 12.1 Å². The van der Waals surface area contributed by atoms with Crippen LogP contribution in [0.3, 0.4) is 0 Å². The SMILES string of the molecule is NNC(=O)C(=O)Nc1ccc2[nH]cc(C[C@H](NC(=O)c3ccc4c(c3)nc(-c3ccoc3)n4C3CCCCC3)C(N)=O)c2c1. The van der Waals surface area contributed by atoms with Gasteiger partial charge in [-0.2, -0.15) is 0 Å². The van der Waals surface area contributed by atoms with Crippen molar-refractivity contribution in [2.24, 2.45) is 11.6 Å². The number of hydrogen-bond donors (Lipinski definition) is 6. The van der Waals surface area contributed by atoms with Crippen molar-refractivity contribution in [1.82, 2.24) is 25.3 Å². The van der Waals surface area contributed by atoms with E-state index in [9.17, 15) is 19.2 Å². The molecule has 4 amide bonds. The Balaban J connectivity index is 1.24. The van der Waals surface area contributed by atoms with E-state index in [0.29, 0.717) is 33.8 Å². The maximum Gasteiger partial charge on any atom is 0.323 e. The molecule has 0 saturated heterocycles. The van der Waals surface area contributed by atoms with Crippen LogP contribution in [0.4, 0.5) is 5.69 Å². The van der Waals surface area contributed by atoms with Crippen molar-refractivity contribution in [2.45, 2.75) is 50.6 Å². The van der Waals surface area contributed by atoms with Crippen LogP contribution < -0.4 is 27.6 Å². The number of primary amides is 1. The predicted molar refractivity (Wildman–Crippen MR) is 163 cm³/mol. The van der Waals surface area contributed by atoms with Gasteiger partial charge in [0.15, 0.2) is 0 Å². The van der Waals surface area contributed by atoms with Gasteiger partial charge in [0.2, 0.25) is 5.91 Å². The highest BCUT2D eigenvalue weighted by atomic mass is 16.3. The molecule has 3 aromatic heterocycles. The first-order valence-corrected chi connectivity index (χ1v) is 14.4. The van der Waals surface area contributed by atoms with Gasteiger partial charge in [0.25, 0.3) is 5.91 Å². The molecule has 226 valence electrons. The zero-order chi connectivity index (χ0) is 30.8. The fourth-order valence-electron chi connectivity index (χ4n) is 5.91. The number of carbonyl (C=O) groups excluding carboxylic acids is 4. The van der Waals surface area contributed by atoms with Crippen molar-refractivity contribution in [3.63, 3.8) is 0 Å². The third kappa shape index (κ3) is 5.64. The Bertz CT molecular complexity index is 1870. The number of H-pyrrole nitrogens is 1. The number of nitrogens with zero attached hydrogens (tertiary/aromatic N) is 2. The standard InChI is InChI=1S/C31H32N8O5/c32-27(40)25(13-19-15-34-23-8-7-20(14-22(19)23)35-30(42)31(43)38-33)37-29(41)17-6-9-26-24(12-17)36-28(18-10-11-44-16-18)39(26)21-4-2-1-3-5-21/h6-12,14-16,21,25,34H,1-5,13,33H2,(H2,32,40)(H,35,42)(H,37,41)(H,38,43)/t25-/m0/s1. The van der Waals surface area contributed by atoms with Crippen molar-refractivity contribution < 1.29 is 23.6 Å². The summed E-state index contributed by atoms with van der Waals surface area (Å²) in [6.45, 7) is 0. The van der Waals surface area contributed by atoms with Gasteiger partial charge in [0.05, 0.1) is 22.9 Å². The lowest BCUT2D eigenvalue weighted by Gasteiger charge is -2.25. The number of carbonyl (C=O) groups is 4. The molecule has 3 heterocycles. The van der Waals surface area contributed by atoms with Crippen LogP contribution in [0.1, 0.15) is 54.1 Å². The van der Waals surface area contributed by atoms with E-state index in [4.69, 9.17) is 21.0 Å². The van der Waals surface area contributed by atoms with Crippen LogP contribution in [-0.2, 0) is 20.8 Å². The molecule has 1 atom stereocenters. The van der Waals surface area contributed by atoms with E-state index in [1.54, 1.807) is 54.5 Å². The lowest BCUT2D eigenvalue weighted by Crippen LogP contribution is -2.45. The monoisotopic (exact) mass is 596 g/mol. The number of aromatic amines is 1. The molecule has 1 saturated carbocycles. The van der Waals surface area contributed by atoms with E-state index >= 15 is 0 Å². The summed E-state index contributed by atoms with van der Waals surface area (Å²) in [5.74, 6) is 2.73. The Morgan fingerprint density at radius 2 is 1.86 bits per heavy atom. The molecule has 2 aromatic carbocycles. The zero-order valence-corrected chi connectivity index (χ0v) is 23.8. The quantitative estimate of drug-likeness (QED) is 0.0683. The number of hydrazine groups is 1. The number of aromatic nitrogens is 3. The van der Waals surface area contributed by atoms with Crippen LogP contribution >= 0.6 is 0 Å². The van der Waals surface area contributed by atoms with Crippen molar-refractivity contribution in [3.8, 4) is 11.4 Å². The molecule has 13 nitrogen and oxygen atoms in total. The topological polar surface area (TPSA) is 203 Å². The van der Waals surface area contributed by atoms with E-state index in [0.717, 1.165) is 48.1 Å². The fraction of sp³-hybridized carbons (Fsp3) is 0.258. The second kappa shape index (κ2) is 12.1. The maximum absolute atomic E-state index is 13.4. The van der Waals surface area contributed by atoms with Gasteiger partial charge in [0.1, 0.15) is 18.1 Å². The molecule has 0 unspecified atom stereocenters. The summed E-state index contributed by atoms with van der Waals surface area (Å²) in [5, 5.41) is 5.91. The van der Waals surface area contributed by atoms with Gasteiger partial charge in [-0.15, -0.1) is 0 Å². The maximum atomic E-state index is 13.4. The molecule has 5 aromatic rings. The molecule has 44 heavy (non-hydrogen) atoms. The van der Waals surface area contributed by atoms with Crippen LogP contribution in [0, 0.1) is 0 Å². The number of amides is 4. The predicted octanol–water partition coefficient (Wildman–Crippen LogP) is 3.04. The van der Waals surface area contributed by atoms with Gasteiger partial charge in [0, 0.05) is 40.8 Å². The van der Waals surface area contributed by atoms with E-state index in [2.05, 4.69) is 20.2 Å². The second-order valence-electron chi connectivity index (χ2n) is 10.9. The zero-order valence-electron chi connectivity index (χ0n) is 23.8. The van der Waals surface area contributed by atoms with Crippen molar-refractivity contribution >= 4 is 51.3 Å². The molecule has 0 radical (unpaired) electrons. The number of fused-ring (bicyclic) bond motifs is 2. The van der Waals surface area contributed by atoms with Crippen LogP contribution in [0.25, 0.3) is 33.3 Å². The largest absolute Gasteiger partial charge is 0.472 e. The van der Waals surface area contributed by atoms with Crippen molar-refractivity contribution in [1.29, 1.82) is 0 Å². The molecule has 0 bridgehead atoms. The summed E-state index contributed by atoms with van der Waals surface area (Å²) in [5.41, 5.74) is 12.1. The Morgan fingerprint density at radius 1 is 1.05 bits per heavy atom. The molecule has 1 aliphatic rings. The molecule has 13 heteroatoms. The van der Waals surface area contributed by atoms with Crippen LogP contribution in [0.5, 0.6) is 0 Å². The Hall–Kier alpha value is -5.43. The molecule has 1 aliphatic carbocycles. The minimum absolute atomic E-state index is 0.0882. The van der Waals surface area contributed by atoms with Gasteiger partial charge in [-0.05, 0) is 60.9 Å². The number of imidazole rings is 1. The minimum atomic E-state index is -1.03. The first kappa shape index (κ1) is 28.7. The van der Waals surface area contributed by atoms with Gasteiger partial charge < -0.3 is 30.3 Å². The Morgan fingerprint density at radius 3 is 2.59 bits per heavy atom. The molecule has 8 N–H and O–H groups in total. The average molecular weight is 597 g/mol. The van der Waals surface area contributed by atoms with Gasteiger partial charge >= 0.3 is 11.8 Å². The highest BCUT2D eigenvalue weighted by Crippen LogP contribution is 2.36. The molecule has 6 rings (SSSR count). The lowest BCUT2D eigenvalue weighted by atomic mass is 9.95. The van der Waals surface area contributed by atoms with E-state index in [-0.39, 0.29) is 6.42 Å². The fourth-order valence-corrected chi connectivity index (χ4v) is 5.91. The van der Waals surface area contributed by atoms with Crippen LogP contribution in [0.15, 0.2) is 65.6 Å². The number of nitrogens with one attached hydrogen (secondary N) is 4. The van der Waals surface area contributed by atoms with Crippen molar-refractivity contribution in [3.05, 3.63) is 72.3 Å². The van der Waals surface area contributed by atoms with Crippen molar-refractivity contribution in [2.75, 3.05) is 5.32 Å². The third-order valence-electron chi connectivity index (χ3n) is 8.11. The number of furan rings is 1. The molecule has 0 aliphatic heterocycles. The van der Waals surface area contributed by atoms with E-state index < -0.39 is 29.7 Å². The van der Waals surface area contributed by atoms with Gasteiger partial charge in [-0.25, -0.2) is 10.8 Å². The highest BCUT2D eigenvalue weighted by Gasteiger charge is 2.25. The lowest BCUT2D eigenvalue weighted by molar-refractivity contribution is -0.136. The minimum Gasteiger partial charge on any atom is -0.472 e. The number of hydrogen-bond acceptors (Lipinski definition) is 7. The first-order valence-electron chi connectivity index (χ1n) is 14.4. The summed E-state index contributed by atoms with van der Waals surface area (Å²) >= 11 is 0. The summed E-state index contributed by atoms with van der Waals surface area (Å²) in [4.78, 5) is 57.3. The number of benzene rings is 2. The van der Waals surface area contributed by atoms with Crippen LogP contribution in [-0.4, -0.2) is 44.2 Å². The Kier molecular flexibility index (Phi) is 7.85. The molecular formula is C31H32N8O5. The summed E-state index contributed by atoms with van der Waals surface area (Å²) < 4.78 is 7.59. The summed E-state index contributed by atoms with van der Waals surface area (Å²) in [6.07, 6.45) is 10.7. The van der Waals surface area contributed by atoms with Gasteiger partial charge in [-0.3, -0.25) is 24.6 Å². The normalized spacial score (nSPS) is 14.4. The average Bonchev–Trinajstić information content (AvgIpc) is 3.79. The Labute approximate surface area is 251 Å². The second-order valence-corrected chi connectivity index (χ2v) is 10.9. The third-order valence-corrected chi connectivity index (χ3v) is 8.11. The highest BCUT2D eigenvalue weighted by molar-refractivity contribution is 6.39.